The molecule has 27 heavy (non-hydrogen) atoms. The number of fused-ring (bicyclic) bond motifs is 1. The van der Waals surface area contributed by atoms with Crippen molar-refractivity contribution in [2.75, 3.05) is 0 Å². The largest absolute Gasteiger partial charge is 0.271 e. The third kappa shape index (κ3) is 3.26. The molecule has 1 amide bonds. The molecule has 0 radical (unpaired) electrons. The van der Waals surface area contributed by atoms with E-state index in [9.17, 15) is 4.79 Å². The molecule has 4 fully saturated rings. The van der Waals surface area contributed by atoms with Crippen LogP contribution in [0.2, 0.25) is 0 Å². The fourth-order valence-electron chi connectivity index (χ4n) is 6.45. The number of aromatic nitrogens is 3. The van der Waals surface area contributed by atoms with Crippen molar-refractivity contribution in [2.45, 2.75) is 58.4 Å². The summed E-state index contributed by atoms with van der Waals surface area (Å²) in [7, 11) is 0. The molecule has 0 spiro atoms. The van der Waals surface area contributed by atoms with E-state index in [0.29, 0.717) is 5.41 Å². The molecule has 4 aliphatic carbocycles. The number of hydrogen-bond donors (Lipinski definition) is 1. The van der Waals surface area contributed by atoms with Gasteiger partial charge in [-0.2, -0.15) is 5.10 Å². The third-order valence-corrected chi connectivity index (χ3v) is 6.88. The Morgan fingerprint density at radius 1 is 1.19 bits per heavy atom. The van der Waals surface area contributed by atoms with Crippen molar-refractivity contribution in [3.05, 3.63) is 24.3 Å². The first kappa shape index (κ1) is 16.9. The van der Waals surface area contributed by atoms with E-state index in [0.717, 1.165) is 40.9 Å². The highest BCUT2D eigenvalue weighted by Gasteiger charge is 2.50. The first-order valence-corrected chi connectivity index (χ1v) is 10.2. The molecular formula is C21H27N5O. The average molecular weight is 365 g/mol. The SMILES string of the molecule is C/C(CC12CC3CC(CC(C3)C1)C2)=N/NC(=O)Cn1nnc2ccccc21. The van der Waals surface area contributed by atoms with Crippen molar-refractivity contribution in [3.8, 4) is 0 Å². The lowest BCUT2D eigenvalue weighted by Gasteiger charge is -2.57. The summed E-state index contributed by atoms with van der Waals surface area (Å²) in [6.07, 6.45) is 9.50. The molecule has 4 aliphatic rings. The number of nitrogens with one attached hydrogen (secondary N) is 1. The number of nitrogens with zero attached hydrogens (tertiary/aromatic N) is 4. The van der Waals surface area contributed by atoms with Gasteiger partial charge in [-0.25, -0.2) is 10.1 Å². The second kappa shape index (κ2) is 6.43. The number of hydrazone groups is 1. The molecule has 6 nitrogen and oxygen atoms in total. The van der Waals surface area contributed by atoms with Crippen LogP contribution in [0.3, 0.4) is 0 Å². The molecular weight excluding hydrogens is 338 g/mol. The zero-order valence-electron chi connectivity index (χ0n) is 15.9. The average Bonchev–Trinajstić information content (AvgIpc) is 3.01. The Morgan fingerprint density at radius 3 is 2.56 bits per heavy atom. The Bertz CT molecular complexity index is 864. The summed E-state index contributed by atoms with van der Waals surface area (Å²) in [6.45, 7) is 2.19. The van der Waals surface area contributed by atoms with E-state index in [1.165, 1.54) is 38.5 Å². The Balaban J connectivity index is 1.21. The predicted octanol–water partition coefficient (Wildman–Crippen LogP) is 3.53. The van der Waals surface area contributed by atoms with E-state index < -0.39 is 0 Å². The van der Waals surface area contributed by atoms with Gasteiger partial charge in [-0.3, -0.25) is 4.79 Å². The van der Waals surface area contributed by atoms with Crippen molar-refractivity contribution in [1.29, 1.82) is 0 Å². The van der Waals surface area contributed by atoms with Gasteiger partial charge in [0.2, 0.25) is 0 Å². The molecule has 6 rings (SSSR count). The number of hydrogen-bond acceptors (Lipinski definition) is 4. The van der Waals surface area contributed by atoms with Crippen LogP contribution in [0.1, 0.15) is 51.9 Å². The molecule has 1 heterocycles. The molecule has 0 unspecified atom stereocenters. The summed E-state index contributed by atoms with van der Waals surface area (Å²) in [5.41, 5.74) is 5.89. The fraction of sp³-hybridized carbons (Fsp3) is 0.619. The summed E-state index contributed by atoms with van der Waals surface area (Å²) in [4.78, 5) is 12.3. The zero-order chi connectivity index (χ0) is 18.4. The van der Waals surface area contributed by atoms with Crippen molar-refractivity contribution in [2.24, 2.45) is 28.3 Å². The number of para-hydroxylation sites is 1. The van der Waals surface area contributed by atoms with Crippen LogP contribution >= 0.6 is 0 Å². The Hall–Kier alpha value is -2.24. The standard InChI is InChI=1S/C21H27N5O/c1-14(9-21-10-15-6-16(11-21)8-17(7-15)12-21)22-24-20(27)13-26-19-5-3-2-4-18(19)23-25-26/h2-5,15-17H,6-13H2,1H3,(H,24,27)/b22-14-. The number of rotatable bonds is 5. The number of benzene rings is 1. The van der Waals surface area contributed by atoms with Crippen molar-refractivity contribution in [3.63, 3.8) is 0 Å². The fourth-order valence-corrected chi connectivity index (χ4v) is 6.45. The highest BCUT2D eigenvalue weighted by Crippen LogP contribution is 2.61. The van der Waals surface area contributed by atoms with Crippen molar-refractivity contribution in [1.82, 2.24) is 20.4 Å². The molecule has 1 aromatic carbocycles. The lowest BCUT2D eigenvalue weighted by molar-refractivity contribution is -0.121. The minimum atomic E-state index is -0.157. The molecule has 6 heteroatoms. The van der Waals surface area contributed by atoms with Gasteiger partial charge >= 0.3 is 0 Å². The lowest BCUT2D eigenvalue weighted by Crippen LogP contribution is -2.46. The minimum absolute atomic E-state index is 0.134. The number of amides is 1. The van der Waals surface area contributed by atoms with E-state index in [4.69, 9.17) is 0 Å². The van der Waals surface area contributed by atoms with E-state index in [-0.39, 0.29) is 12.5 Å². The molecule has 4 bridgehead atoms. The quantitative estimate of drug-likeness (QED) is 0.651. The van der Waals surface area contributed by atoms with Crippen molar-refractivity contribution < 1.29 is 4.79 Å². The monoisotopic (exact) mass is 365 g/mol. The lowest BCUT2D eigenvalue weighted by atomic mass is 9.48. The van der Waals surface area contributed by atoms with Gasteiger partial charge in [0.15, 0.2) is 0 Å². The number of carbonyl (C=O) groups is 1. The maximum Gasteiger partial charge on any atom is 0.261 e. The topological polar surface area (TPSA) is 72.2 Å². The summed E-state index contributed by atoms with van der Waals surface area (Å²) < 4.78 is 1.62. The molecule has 0 atom stereocenters. The molecule has 0 aliphatic heterocycles. The summed E-state index contributed by atoms with van der Waals surface area (Å²) in [5, 5.41) is 12.6. The molecule has 4 saturated carbocycles. The number of carbonyl (C=O) groups excluding carboxylic acids is 1. The van der Waals surface area contributed by atoms with Gasteiger partial charge < -0.3 is 0 Å². The third-order valence-electron chi connectivity index (χ3n) is 6.88. The molecule has 1 N–H and O–H groups in total. The van der Waals surface area contributed by atoms with E-state index in [2.05, 4.69) is 27.8 Å². The Morgan fingerprint density at radius 2 is 1.85 bits per heavy atom. The Kier molecular flexibility index (Phi) is 4.02. The molecule has 0 saturated heterocycles. The van der Waals surface area contributed by atoms with Gasteiger partial charge in [-0.05, 0) is 87.2 Å². The first-order valence-electron chi connectivity index (χ1n) is 10.2. The van der Waals surface area contributed by atoms with Gasteiger partial charge in [-0.15, -0.1) is 5.10 Å². The van der Waals surface area contributed by atoms with Crippen LogP contribution in [0.25, 0.3) is 11.0 Å². The second-order valence-electron chi connectivity index (χ2n) is 9.21. The first-order chi connectivity index (χ1) is 13.1. The second-order valence-corrected chi connectivity index (χ2v) is 9.21. The van der Waals surface area contributed by atoms with Crippen LogP contribution in [0.15, 0.2) is 29.4 Å². The summed E-state index contributed by atoms with van der Waals surface area (Å²) >= 11 is 0. The van der Waals surface area contributed by atoms with Gasteiger partial charge in [0, 0.05) is 5.71 Å². The van der Waals surface area contributed by atoms with Gasteiger partial charge in [0.25, 0.3) is 5.91 Å². The Labute approximate surface area is 159 Å². The van der Waals surface area contributed by atoms with Gasteiger partial charge in [0.05, 0.1) is 5.52 Å². The maximum atomic E-state index is 12.3. The van der Waals surface area contributed by atoms with Crippen LogP contribution in [0.4, 0.5) is 0 Å². The highest BCUT2D eigenvalue weighted by molar-refractivity contribution is 5.85. The minimum Gasteiger partial charge on any atom is -0.271 e. The molecule has 142 valence electrons. The summed E-state index contributed by atoms with van der Waals surface area (Å²) in [6, 6.07) is 7.65. The van der Waals surface area contributed by atoms with Gasteiger partial charge in [0.1, 0.15) is 12.1 Å². The van der Waals surface area contributed by atoms with Crippen LogP contribution < -0.4 is 5.43 Å². The van der Waals surface area contributed by atoms with Crippen LogP contribution in [-0.4, -0.2) is 26.6 Å². The van der Waals surface area contributed by atoms with Crippen LogP contribution in [0, 0.1) is 23.2 Å². The highest BCUT2D eigenvalue weighted by atomic mass is 16.2. The molecule has 2 aromatic rings. The van der Waals surface area contributed by atoms with E-state index in [1.807, 2.05) is 24.3 Å². The maximum absolute atomic E-state index is 12.3. The van der Waals surface area contributed by atoms with Crippen LogP contribution in [-0.2, 0) is 11.3 Å². The van der Waals surface area contributed by atoms with Crippen molar-refractivity contribution >= 4 is 22.7 Å². The predicted molar refractivity (Wildman–Crippen MR) is 104 cm³/mol. The summed E-state index contributed by atoms with van der Waals surface area (Å²) in [5.74, 6) is 2.67. The van der Waals surface area contributed by atoms with E-state index >= 15 is 0 Å². The van der Waals surface area contributed by atoms with Crippen LogP contribution in [0.5, 0.6) is 0 Å². The molecule has 1 aromatic heterocycles. The zero-order valence-corrected chi connectivity index (χ0v) is 15.9. The van der Waals surface area contributed by atoms with Gasteiger partial charge in [-0.1, -0.05) is 17.3 Å². The smallest absolute Gasteiger partial charge is 0.261 e. The van der Waals surface area contributed by atoms with E-state index in [1.54, 1.807) is 4.68 Å². The normalized spacial score (nSPS) is 32.2.